The molecule has 1 amide bonds. The molecule has 0 spiro atoms. The van der Waals surface area contributed by atoms with Gasteiger partial charge in [-0.2, -0.15) is 5.26 Å². The van der Waals surface area contributed by atoms with Crippen molar-refractivity contribution in [1.82, 2.24) is 4.90 Å². The molecule has 1 unspecified atom stereocenters. The summed E-state index contributed by atoms with van der Waals surface area (Å²) in [5.41, 5.74) is 1.72. The smallest absolute Gasteiger partial charge is 0.223 e. The van der Waals surface area contributed by atoms with Crippen LogP contribution in [0.3, 0.4) is 0 Å². The van der Waals surface area contributed by atoms with Gasteiger partial charge in [-0.05, 0) is 50.3 Å². The van der Waals surface area contributed by atoms with Gasteiger partial charge in [-0.1, -0.05) is 24.3 Å². The third-order valence-corrected chi connectivity index (χ3v) is 3.93. The maximum atomic E-state index is 12.5. The van der Waals surface area contributed by atoms with Crippen LogP contribution in [0.4, 0.5) is 0 Å². The molecule has 0 N–H and O–H groups in total. The van der Waals surface area contributed by atoms with Gasteiger partial charge in [0.25, 0.3) is 0 Å². The van der Waals surface area contributed by atoms with Crippen molar-refractivity contribution in [2.75, 3.05) is 0 Å². The van der Waals surface area contributed by atoms with Gasteiger partial charge in [-0.15, -0.1) is 0 Å². The predicted molar refractivity (Wildman–Crippen MR) is 83.3 cm³/mol. The number of nitriles is 1. The van der Waals surface area contributed by atoms with E-state index in [0.717, 1.165) is 18.4 Å². The number of benzene rings is 1. The summed E-state index contributed by atoms with van der Waals surface area (Å²) in [4.78, 5) is 14.4. The summed E-state index contributed by atoms with van der Waals surface area (Å²) in [5.74, 6) is 0.616. The Morgan fingerprint density at radius 2 is 2.10 bits per heavy atom. The molecule has 1 atom stereocenters. The van der Waals surface area contributed by atoms with E-state index in [9.17, 15) is 4.79 Å². The average Bonchev–Trinajstić information content (AvgIpc) is 2.97. The van der Waals surface area contributed by atoms with Gasteiger partial charge in [0, 0.05) is 19.0 Å². The summed E-state index contributed by atoms with van der Waals surface area (Å²) >= 11 is 0. The fourth-order valence-corrected chi connectivity index (χ4v) is 2.65. The molecule has 1 aromatic carbocycles. The lowest BCUT2D eigenvalue weighted by Gasteiger charge is -2.28. The Morgan fingerprint density at radius 1 is 1.38 bits per heavy atom. The highest BCUT2D eigenvalue weighted by atomic mass is 16.2. The molecule has 0 fully saturated rings. The van der Waals surface area contributed by atoms with Gasteiger partial charge in [-0.25, -0.2) is 0 Å². The topological polar surface area (TPSA) is 44.1 Å². The summed E-state index contributed by atoms with van der Waals surface area (Å²) < 4.78 is 0. The fraction of sp³-hybridized carbons (Fsp3) is 0.444. The number of amides is 1. The largest absolute Gasteiger partial charge is 0.336 e. The van der Waals surface area contributed by atoms with E-state index in [1.807, 2.05) is 30.9 Å². The number of hydrogen-bond donors (Lipinski definition) is 0. The first kappa shape index (κ1) is 15.3. The highest BCUT2D eigenvalue weighted by Crippen LogP contribution is 2.22. The number of hydrogen-bond acceptors (Lipinski definition) is 2. The summed E-state index contributed by atoms with van der Waals surface area (Å²) in [6.07, 6.45) is 7.12. The monoisotopic (exact) mass is 282 g/mol. The van der Waals surface area contributed by atoms with Gasteiger partial charge in [0.15, 0.2) is 0 Å². The zero-order chi connectivity index (χ0) is 15.2. The van der Waals surface area contributed by atoms with E-state index >= 15 is 0 Å². The molecule has 110 valence electrons. The molecule has 3 heteroatoms. The number of carbonyl (C=O) groups excluding carboxylic acids is 1. The van der Waals surface area contributed by atoms with Crippen molar-refractivity contribution < 1.29 is 4.79 Å². The average molecular weight is 282 g/mol. The van der Waals surface area contributed by atoms with Crippen LogP contribution in [-0.2, 0) is 11.3 Å². The van der Waals surface area contributed by atoms with Crippen molar-refractivity contribution >= 4 is 5.91 Å². The first-order valence-electron chi connectivity index (χ1n) is 7.55. The van der Waals surface area contributed by atoms with Crippen LogP contribution in [0.1, 0.15) is 44.2 Å². The Hall–Kier alpha value is -2.08. The molecule has 0 aromatic heterocycles. The van der Waals surface area contributed by atoms with Gasteiger partial charge < -0.3 is 4.90 Å². The van der Waals surface area contributed by atoms with Crippen molar-refractivity contribution in [3.63, 3.8) is 0 Å². The van der Waals surface area contributed by atoms with Crippen LogP contribution in [0.25, 0.3) is 0 Å². The fourth-order valence-electron chi connectivity index (χ4n) is 2.65. The number of carbonyl (C=O) groups is 1. The standard InChI is InChI=1S/C18H22N2O/c1-14(2)20(18(21)11-15-5-3-4-6-15)13-17-9-7-16(12-19)8-10-17/h3,5,7-10,14-15H,4,6,11,13H2,1-2H3. The van der Waals surface area contributed by atoms with E-state index in [2.05, 4.69) is 18.2 Å². The van der Waals surface area contributed by atoms with Crippen molar-refractivity contribution in [1.29, 1.82) is 5.26 Å². The SMILES string of the molecule is CC(C)N(Cc1ccc(C#N)cc1)C(=O)CC1C=CCC1. The summed E-state index contributed by atoms with van der Waals surface area (Å²) in [6, 6.07) is 9.75. The van der Waals surface area contributed by atoms with E-state index in [4.69, 9.17) is 5.26 Å². The Bertz CT molecular complexity index is 552. The first-order valence-corrected chi connectivity index (χ1v) is 7.55. The minimum absolute atomic E-state index is 0.179. The van der Waals surface area contributed by atoms with Crippen molar-refractivity contribution in [2.45, 2.75) is 45.7 Å². The summed E-state index contributed by atoms with van der Waals surface area (Å²) in [5, 5.41) is 8.83. The van der Waals surface area contributed by atoms with Crippen LogP contribution in [0.5, 0.6) is 0 Å². The zero-order valence-electron chi connectivity index (χ0n) is 12.7. The first-order chi connectivity index (χ1) is 10.1. The van der Waals surface area contributed by atoms with Crippen molar-refractivity contribution in [2.24, 2.45) is 5.92 Å². The Labute approximate surface area is 126 Å². The molecule has 3 nitrogen and oxygen atoms in total. The molecule has 0 aliphatic heterocycles. The molecule has 0 bridgehead atoms. The third-order valence-electron chi connectivity index (χ3n) is 3.93. The molecule has 0 saturated carbocycles. The van der Waals surface area contributed by atoms with E-state index in [1.54, 1.807) is 12.1 Å². The lowest BCUT2D eigenvalue weighted by atomic mass is 10.0. The molecule has 0 radical (unpaired) electrons. The molecule has 1 aliphatic rings. The third kappa shape index (κ3) is 4.19. The van der Waals surface area contributed by atoms with E-state index in [1.165, 1.54) is 0 Å². The van der Waals surface area contributed by atoms with Crippen molar-refractivity contribution in [3.05, 3.63) is 47.5 Å². The van der Waals surface area contributed by atoms with Gasteiger partial charge in [0.1, 0.15) is 0 Å². The van der Waals surface area contributed by atoms with Crippen LogP contribution >= 0.6 is 0 Å². The van der Waals surface area contributed by atoms with E-state index in [-0.39, 0.29) is 11.9 Å². The Kier molecular flexibility index (Phi) is 5.16. The molecule has 1 aromatic rings. The van der Waals surface area contributed by atoms with Crippen LogP contribution in [0, 0.1) is 17.2 Å². The maximum absolute atomic E-state index is 12.5. The number of allylic oxidation sites excluding steroid dienone is 2. The van der Waals surface area contributed by atoms with Gasteiger partial charge in [-0.3, -0.25) is 4.79 Å². The Balaban J connectivity index is 2.02. The minimum atomic E-state index is 0.179. The lowest BCUT2D eigenvalue weighted by Crippen LogP contribution is -2.37. The van der Waals surface area contributed by atoms with Crippen LogP contribution in [0.15, 0.2) is 36.4 Å². The molecule has 0 saturated heterocycles. The molecule has 21 heavy (non-hydrogen) atoms. The van der Waals surface area contributed by atoms with Crippen LogP contribution < -0.4 is 0 Å². The highest BCUT2D eigenvalue weighted by Gasteiger charge is 2.21. The molecule has 1 aliphatic carbocycles. The van der Waals surface area contributed by atoms with E-state index < -0.39 is 0 Å². The van der Waals surface area contributed by atoms with Gasteiger partial charge in [0.05, 0.1) is 11.6 Å². The zero-order valence-corrected chi connectivity index (χ0v) is 12.7. The molecular weight excluding hydrogens is 260 g/mol. The number of rotatable bonds is 5. The second-order valence-electron chi connectivity index (χ2n) is 5.89. The van der Waals surface area contributed by atoms with Crippen molar-refractivity contribution in [3.8, 4) is 6.07 Å². The minimum Gasteiger partial charge on any atom is -0.336 e. The Morgan fingerprint density at radius 3 is 2.62 bits per heavy atom. The maximum Gasteiger partial charge on any atom is 0.223 e. The highest BCUT2D eigenvalue weighted by molar-refractivity contribution is 5.77. The summed E-state index contributed by atoms with van der Waals surface area (Å²) in [7, 11) is 0. The predicted octanol–water partition coefficient (Wildman–Crippen LogP) is 3.65. The number of nitrogens with zero attached hydrogens (tertiary/aromatic N) is 2. The molecule has 2 rings (SSSR count). The lowest BCUT2D eigenvalue weighted by molar-refractivity contribution is -0.134. The van der Waals surface area contributed by atoms with Crippen LogP contribution in [-0.4, -0.2) is 16.8 Å². The summed E-state index contributed by atoms with van der Waals surface area (Å²) in [6.45, 7) is 4.71. The van der Waals surface area contributed by atoms with Crippen LogP contribution in [0.2, 0.25) is 0 Å². The van der Waals surface area contributed by atoms with Gasteiger partial charge >= 0.3 is 0 Å². The normalized spacial score (nSPS) is 17.0. The van der Waals surface area contributed by atoms with Gasteiger partial charge in [0.2, 0.25) is 5.91 Å². The second-order valence-corrected chi connectivity index (χ2v) is 5.89. The van der Waals surface area contributed by atoms with E-state index in [0.29, 0.717) is 24.4 Å². The molecule has 0 heterocycles. The second kappa shape index (κ2) is 7.08. The quantitative estimate of drug-likeness (QED) is 0.774. The molecular formula is C18H22N2O.